The van der Waals surface area contributed by atoms with Crippen molar-refractivity contribution in [2.45, 2.75) is 25.4 Å². The quantitative estimate of drug-likeness (QED) is 0.255. The molecule has 0 aromatic carbocycles. The summed E-state index contributed by atoms with van der Waals surface area (Å²) in [5, 5.41) is 5.85. The van der Waals surface area contributed by atoms with E-state index in [1.165, 1.54) is 6.07 Å². The number of H-pyrrole nitrogens is 1. The molecule has 0 amide bonds. The van der Waals surface area contributed by atoms with Crippen LogP contribution in [-0.2, 0) is 11.6 Å². The van der Waals surface area contributed by atoms with Crippen molar-refractivity contribution in [1.29, 1.82) is 0 Å². The molecule has 0 aliphatic rings. The average Bonchev–Trinajstić information content (AvgIpc) is 3.34. The normalized spacial score (nSPS) is 12.1. The molecule has 0 bridgehead atoms. The van der Waals surface area contributed by atoms with Crippen LogP contribution in [0.5, 0.6) is 0 Å². The minimum absolute atomic E-state index is 0.0269. The van der Waals surface area contributed by atoms with Crippen LogP contribution in [0.3, 0.4) is 0 Å². The summed E-state index contributed by atoms with van der Waals surface area (Å²) in [6.07, 6.45) is -4.58. The Hall–Kier alpha value is -4.09. The molecule has 0 fully saturated rings. The Labute approximate surface area is 216 Å². The fraction of sp³-hybridized carbons (Fsp3) is 0.308. The van der Waals surface area contributed by atoms with Crippen molar-refractivity contribution in [3.8, 4) is 22.6 Å². The molecule has 0 spiro atoms. The molecule has 38 heavy (non-hydrogen) atoms. The molecule has 1 N–H and O–H groups in total. The van der Waals surface area contributed by atoms with E-state index in [0.29, 0.717) is 22.8 Å². The van der Waals surface area contributed by atoms with Crippen molar-refractivity contribution >= 4 is 11.4 Å². The van der Waals surface area contributed by atoms with E-state index in [-0.39, 0.29) is 22.6 Å². The summed E-state index contributed by atoms with van der Waals surface area (Å²) < 4.78 is 67.6. The first-order chi connectivity index (χ1) is 17.7. The number of hydrogen-bond donors (Lipinski definition) is 1. The first kappa shape index (κ1) is 27.0. The Morgan fingerprint density at radius 2 is 1.26 bits per heavy atom. The van der Waals surface area contributed by atoms with Crippen LogP contribution in [0.25, 0.3) is 22.6 Å². The third-order valence-electron chi connectivity index (χ3n) is 6.17. The Kier molecular flexibility index (Phi) is 6.85. The van der Waals surface area contributed by atoms with E-state index in [2.05, 4.69) is 20.1 Å². The summed E-state index contributed by atoms with van der Waals surface area (Å²) >= 11 is 0. The van der Waals surface area contributed by atoms with Gasteiger partial charge < -0.3 is 9.80 Å². The van der Waals surface area contributed by atoms with Crippen molar-refractivity contribution in [2.75, 3.05) is 38.0 Å². The van der Waals surface area contributed by atoms with Crippen LogP contribution in [-0.4, -0.2) is 53.3 Å². The second-order valence-corrected chi connectivity index (χ2v) is 9.74. The van der Waals surface area contributed by atoms with Gasteiger partial charge in [0.2, 0.25) is 11.9 Å². The monoisotopic (exact) mass is 531 g/mol. The smallest absolute Gasteiger partial charge is 0.378 e. The van der Waals surface area contributed by atoms with Crippen LogP contribution in [0.2, 0.25) is 0 Å². The first-order valence-electron chi connectivity index (χ1n) is 11.5. The lowest BCUT2D eigenvalue weighted by Crippen LogP contribution is -2.24. The van der Waals surface area contributed by atoms with Crippen LogP contribution < -0.4 is 9.80 Å². The zero-order valence-electron chi connectivity index (χ0n) is 21.6. The van der Waals surface area contributed by atoms with Gasteiger partial charge in [-0.1, -0.05) is 0 Å². The van der Waals surface area contributed by atoms with Gasteiger partial charge in [0.15, 0.2) is 0 Å². The van der Waals surface area contributed by atoms with Crippen molar-refractivity contribution in [2.24, 2.45) is 0 Å². The minimum Gasteiger partial charge on any atom is -0.378 e. The lowest BCUT2D eigenvalue weighted by Gasteiger charge is -2.28. The molecule has 200 valence electrons. The lowest BCUT2D eigenvalue weighted by atomic mass is 9.83. The summed E-state index contributed by atoms with van der Waals surface area (Å²) in [7, 11) is 7.23. The first-order valence-corrected chi connectivity index (χ1v) is 11.5. The second-order valence-electron chi connectivity index (χ2n) is 9.74. The SMILES string of the molecule is CN(C)c1cc(-c2cc(C(F)(F)F)[nH]n2)nc(C(C)(C)c2cc(N(C)C)cc(-c3ccc(F)nc3F)n2)c1. The molecule has 7 nitrogen and oxygen atoms in total. The van der Waals surface area contributed by atoms with Crippen LogP contribution in [0, 0.1) is 11.9 Å². The Morgan fingerprint density at radius 1 is 0.711 bits per heavy atom. The van der Waals surface area contributed by atoms with Gasteiger partial charge in [-0.05, 0) is 56.3 Å². The predicted octanol–water partition coefficient (Wildman–Crippen LogP) is 5.68. The summed E-state index contributed by atoms with van der Waals surface area (Å²) in [5.74, 6) is -1.94. The third kappa shape index (κ3) is 5.29. The van der Waals surface area contributed by atoms with E-state index in [1.54, 1.807) is 31.1 Å². The van der Waals surface area contributed by atoms with Gasteiger partial charge in [-0.15, -0.1) is 0 Å². The molecule has 0 aliphatic heterocycles. The van der Waals surface area contributed by atoms with Gasteiger partial charge >= 0.3 is 6.18 Å². The van der Waals surface area contributed by atoms with Gasteiger partial charge in [0, 0.05) is 45.0 Å². The topological polar surface area (TPSA) is 73.8 Å². The summed E-state index contributed by atoms with van der Waals surface area (Å²) in [5.41, 5.74) is 1.07. The number of aromatic amines is 1. The minimum atomic E-state index is -4.58. The van der Waals surface area contributed by atoms with E-state index < -0.39 is 29.2 Å². The number of pyridine rings is 3. The molecule has 4 rings (SSSR count). The number of anilines is 2. The van der Waals surface area contributed by atoms with Gasteiger partial charge in [0.05, 0.1) is 28.3 Å². The molecule has 0 saturated heterocycles. The Bertz CT molecular complexity index is 1480. The maximum absolute atomic E-state index is 14.6. The van der Waals surface area contributed by atoms with E-state index >= 15 is 0 Å². The second kappa shape index (κ2) is 9.66. The summed E-state index contributed by atoms with van der Waals surface area (Å²) in [6, 6.07) is 10.2. The number of alkyl halides is 3. The highest BCUT2D eigenvalue weighted by Gasteiger charge is 2.34. The zero-order chi connectivity index (χ0) is 28.0. The van der Waals surface area contributed by atoms with E-state index in [0.717, 1.165) is 12.1 Å². The van der Waals surface area contributed by atoms with Crippen LogP contribution >= 0.6 is 0 Å². The van der Waals surface area contributed by atoms with Crippen LogP contribution in [0.15, 0.2) is 42.5 Å². The van der Waals surface area contributed by atoms with E-state index in [1.807, 2.05) is 50.1 Å². The Morgan fingerprint density at radius 3 is 1.76 bits per heavy atom. The number of halogens is 5. The molecule has 0 saturated carbocycles. The summed E-state index contributed by atoms with van der Waals surface area (Å²) in [4.78, 5) is 16.2. The van der Waals surface area contributed by atoms with Gasteiger partial charge in [-0.25, -0.2) is 4.98 Å². The molecule has 12 heteroatoms. The highest BCUT2D eigenvalue weighted by Crippen LogP contribution is 2.37. The van der Waals surface area contributed by atoms with Crippen molar-refractivity contribution < 1.29 is 22.0 Å². The lowest BCUT2D eigenvalue weighted by molar-refractivity contribution is -0.141. The fourth-order valence-corrected chi connectivity index (χ4v) is 3.79. The van der Waals surface area contributed by atoms with E-state index in [9.17, 15) is 22.0 Å². The van der Waals surface area contributed by atoms with Gasteiger partial charge in [0.25, 0.3) is 0 Å². The Balaban J connectivity index is 1.89. The van der Waals surface area contributed by atoms with E-state index in [4.69, 9.17) is 0 Å². The molecule has 0 unspecified atom stereocenters. The molecule has 4 aromatic heterocycles. The van der Waals surface area contributed by atoms with Crippen molar-refractivity contribution in [3.63, 3.8) is 0 Å². The fourth-order valence-electron chi connectivity index (χ4n) is 3.79. The average molecular weight is 532 g/mol. The summed E-state index contributed by atoms with van der Waals surface area (Å²) in [6.45, 7) is 3.71. The molecular formula is C26H26F5N7. The molecule has 0 radical (unpaired) electrons. The predicted molar refractivity (Wildman–Crippen MR) is 135 cm³/mol. The number of rotatable bonds is 6. The molecule has 4 aromatic rings. The number of nitrogens with zero attached hydrogens (tertiary/aromatic N) is 6. The number of nitrogens with one attached hydrogen (secondary N) is 1. The highest BCUT2D eigenvalue weighted by atomic mass is 19.4. The van der Waals surface area contributed by atoms with Gasteiger partial charge in [0.1, 0.15) is 11.4 Å². The standard InChI is InChI=1S/C26H26F5N7/c1-25(2,20-11-14(37(3)4)9-17(32-20)16-7-8-23(27)34-24(16)28)21-12-15(38(5)6)10-18(33-21)19-13-22(36-35-19)26(29,30)31/h7-13H,1-6H3,(H,35,36). The maximum Gasteiger partial charge on any atom is 0.432 e. The molecule has 0 aliphatic carbocycles. The van der Waals surface area contributed by atoms with Crippen molar-refractivity contribution in [1.82, 2.24) is 25.1 Å². The number of hydrogen-bond acceptors (Lipinski definition) is 6. The van der Waals surface area contributed by atoms with Crippen LogP contribution in [0.4, 0.5) is 33.3 Å². The largest absolute Gasteiger partial charge is 0.432 e. The zero-order valence-corrected chi connectivity index (χ0v) is 21.6. The molecule has 0 atom stereocenters. The number of aromatic nitrogens is 5. The molecular weight excluding hydrogens is 505 g/mol. The van der Waals surface area contributed by atoms with Crippen molar-refractivity contribution in [3.05, 3.63) is 71.4 Å². The molecule has 4 heterocycles. The maximum atomic E-state index is 14.6. The third-order valence-corrected chi connectivity index (χ3v) is 6.17. The highest BCUT2D eigenvalue weighted by molar-refractivity contribution is 5.67. The van der Waals surface area contributed by atoms with Gasteiger partial charge in [-0.3, -0.25) is 10.1 Å². The van der Waals surface area contributed by atoms with Gasteiger partial charge in [-0.2, -0.15) is 32.0 Å². The van der Waals surface area contributed by atoms with Crippen LogP contribution in [0.1, 0.15) is 30.9 Å².